The highest BCUT2D eigenvalue weighted by atomic mass is 35.5. The molecule has 11 heteroatoms. The van der Waals surface area contributed by atoms with Gasteiger partial charge in [-0.15, -0.1) is 0 Å². The number of β-amino-alcohol motifs (C(OH)–C–C–N with tert-alkyl or cyclic N) is 1. The van der Waals surface area contributed by atoms with Crippen molar-refractivity contribution in [3.05, 3.63) is 59.1 Å². The molecule has 2 aromatic rings. The molecule has 192 valence electrons. The van der Waals surface area contributed by atoms with Gasteiger partial charge in [0.05, 0.1) is 12.7 Å². The summed E-state index contributed by atoms with van der Waals surface area (Å²) in [4.78, 5) is 42.2. The number of halogens is 1. The lowest BCUT2D eigenvalue weighted by Crippen LogP contribution is -2.73. The molecule has 0 radical (unpaired) electrons. The van der Waals surface area contributed by atoms with E-state index in [1.54, 1.807) is 53.4 Å². The predicted octanol–water partition coefficient (Wildman–Crippen LogP) is 1.71. The van der Waals surface area contributed by atoms with Gasteiger partial charge in [0.15, 0.2) is 0 Å². The second-order valence-corrected chi connectivity index (χ2v) is 9.07. The smallest absolute Gasteiger partial charge is 0.328 e. The van der Waals surface area contributed by atoms with Crippen LogP contribution in [0.15, 0.2) is 48.5 Å². The zero-order valence-corrected chi connectivity index (χ0v) is 20.7. The number of imide groups is 2. The first-order valence-corrected chi connectivity index (χ1v) is 12.1. The zero-order chi connectivity index (χ0) is 25.7. The van der Waals surface area contributed by atoms with Gasteiger partial charge in [-0.05, 0) is 48.9 Å². The van der Waals surface area contributed by atoms with Gasteiger partial charge in [0.1, 0.15) is 11.5 Å². The number of amides is 4. The first-order valence-electron chi connectivity index (χ1n) is 11.8. The van der Waals surface area contributed by atoms with Crippen molar-refractivity contribution < 1.29 is 29.0 Å². The van der Waals surface area contributed by atoms with Crippen molar-refractivity contribution in [3.8, 4) is 11.5 Å². The molecule has 0 bridgehead atoms. The molecule has 2 aliphatic heterocycles. The summed E-state index contributed by atoms with van der Waals surface area (Å²) < 4.78 is 11.1. The Morgan fingerprint density at radius 2 is 1.50 bits per heavy atom. The molecule has 0 aliphatic carbocycles. The monoisotopic (exact) mass is 516 g/mol. The molecule has 10 nitrogen and oxygen atoms in total. The Hall–Kier alpha value is -3.02. The highest BCUT2D eigenvalue weighted by Crippen LogP contribution is 2.34. The minimum absolute atomic E-state index is 0.248. The second-order valence-electron chi connectivity index (χ2n) is 8.63. The molecule has 2 aliphatic rings. The number of ether oxygens (including phenoxy) is 2. The number of urea groups is 1. The maximum atomic E-state index is 13.3. The molecular formula is C25H29ClN4O6. The van der Waals surface area contributed by atoms with Crippen molar-refractivity contribution in [1.29, 1.82) is 0 Å². The van der Waals surface area contributed by atoms with Crippen molar-refractivity contribution in [2.24, 2.45) is 0 Å². The Morgan fingerprint density at radius 3 is 2.06 bits per heavy atom. The van der Waals surface area contributed by atoms with Crippen molar-refractivity contribution in [2.75, 3.05) is 45.9 Å². The molecular weight excluding hydrogens is 488 g/mol. The van der Waals surface area contributed by atoms with Crippen molar-refractivity contribution >= 4 is 29.4 Å². The molecule has 1 atom stereocenters. The van der Waals surface area contributed by atoms with E-state index in [1.165, 1.54) is 0 Å². The first kappa shape index (κ1) is 26.1. The number of hydrogen-bond acceptors (Lipinski definition) is 8. The van der Waals surface area contributed by atoms with Gasteiger partial charge in [-0.25, -0.2) is 4.79 Å². The van der Waals surface area contributed by atoms with Crippen LogP contribution in [0.2, 0.25) is 5.02 Å². The molecule has 0 aromatic heterocycles. The van der Waals surface area contributed by atoms with Crippen LogP contribution in [0.5, 0.6) is 11.5 Å². The molecule has 3 N–H and O–H groups in total. The molecule has 36 heavy (non-hydrogen) atoms. The van der Waals surface area contributed by atoms with Gasteiger partial charge in [-0.1, -0.05) is 23.7 Å². The molecule has 2 heterocycles. The third-order valence-electron chi connectivity index (χ3n) is 6.26. The molecule has 0 saturated carbocycles. The fourth-order valence-corrected chi connectivity index (χ4v) is 4.65. The number of piperazine rings is 1. The Morgan fingerprint density at radius 1 is 0.944 bits per heavy atom. The summed E-state index contributed by atoms with van der Waals surface area (Å²) in [5.74, 6) is -0.305. The highest BCUT2D eigenvalue weighted by molar-refractivity contribution is 6.30. The molecule has 4 amide bonds. The fourth-order valence-electron chi connectivity index (χ4n) is 4.53. The Bertz CT molecular complexity index is 1070. The fraction of sp³-hybridized carbons (Fsp3) is 0.400. The van der Waals surface area contributed by atoms with E-state index >= 15 is 0 Å². The number of benzene rings is 2. The lowest BCUT2D eigenvalue weighted by atomic mass is 9.84. The SMILES string of the molecule is CCOCC(O)CN1CCN(C2(c3ccc(Oc4ccc(Cl)cc4)cc3)C(=O)NC(=O)NC2=O)CC1. The van der Waals surface area contributed by atoms with Gasteiger partial charge in [0.25, 0.3) is 11.8 Å². The summed E-state index contributed by atoms with van der Waals surface area (Å²) >= 11 is 5.92. The molecule has 2 fully saturated rings. The number of aliphatic hydroxyl groups excluding tert-OH is 1. The van der Waals surface area contributed by atoms with Crippen LogP contribution >= 0.6 is 11.6 Å². The number of nitrogens with one attached hydrogen (secondary N) is 2. The summed E-state index contributed by atoms with van der Waals surface area (Å²) in [6, 6.07) is 12.7. The van der Waals surface area contributed by atoms with Crippen LogP contribution in [0, 0.1) is 0 Å². The minimum atomic E-state index is -1.72. The first-order chi connectivity index (χ1) is 17.3. The van der Waals surface area contributed by atoms with Crippen molar-refractivity contribution in [3.63, 3.8) is 0 Å². The lowest BCUT2D eigenvalue weighted by molar-refractivity contribution is -0.150. The van der Waals surface area contributed by atoms with Crippen LogP contribution in [-0.4, -0.2) is 84.8 Å². The molecule has 2 saturated heterocycles. The minimum Gasteiger partial charge on any atom is -0.457 e. The summed E-state index contributed by atoms with van der Waals surface area (Å²) in [5.41, 5.74) is -1.30. The van der Waals surface area contributed by atoms with Crippen molar-refractivity contribution in [1.82, 2.24) is 20.4 Å². The van der Waals surface area contributed by atoms with E-state index in [9.17, 15) is 19.5 Å². The molecule has 1 unspecified atom stereocenters. The van der Waals surface area contributed by atoms with Crippen LogP contribution < -0.4 is 15.4 Å². The van der Waals surface area contributed by atoms with E-state index < -0.39 is 29.5 Å². The van der Waals surface area contributed by atoms with E-state index in [0.717, 1.165) is 0 Å². The highest BCUT2D eigenvalue weighted by Gasteiger charge is 2.56. The van der Waals surface area contributed by atoms with Gasteiger partial charge in [-0.3, -0.25) is 30.0 Å². The number of nitrogens with zero attached hydrogens (tertiary/aromatic N) is 2. The van der Waals surface area contributed by atoms with Crippen molar-refractivity contribution in [2.45, 2.75) is 18.6 Å². The third kappa shape index (κ3) is 5.53. The average molecular weight is 517 g/mol. The maximum absolute atomic E-state index is 13.3. The number of hydrogen-bond donors (Lipinski definition) is 3. The van der Waals surface area contributed by atoms with E-state index in [4.69, 9.17) is 21.1 Å². The van der Waals surface area contributed by atoms with E-state index in [0.29, 0.717) is 61.4 Å². The van der Waals surface area contributed by atoms with Gasteiger partial charge in [0, 0.05) is 44.4 Å². The van der Waals surface area contributed by atoms with Crippen LogP contribution in [0.1, 0.15) is 12.5 Å². The zero-order valence-electron chi connectivity index (χ0n) is 19.9. The van der Waals surface area contributed by atoms with Gasteiger partial charge in [0.2, 0.25) is 5.54 Å². The van der Waals surface area contributed by atoms with E-state index in [1.807, 2.05) is 6.92 Å². The quantitative estimate of drug-likeness (QED) is 0.431. The number of carbonyl (C=O) groups is 3. The van der Waals surface area contributed by atoms with Gasteiger partial charge in [-0.2, -0.15) is 0 Å². The third-order valence-corrected chi connectivity index (χ3v) is 6.51. The van der Waals surface area contributed by atoms with E-state index in [2.05, 4.69) is 15.5 Å². The second kappa shape index (κ2) is 11.4. The largest absolute Gasteiger partial charge is 0.457 e. The summed E-state index contributed by atoms with van der Waals surface area (Å²) in [7, 11) is 0. The normalized spacial score (nSPS) is 19.5. The number of aliphatic hydroxyl groups is 1. The van der Waals surface area contributed by atoms with E-state index in [-0.39, 0.29) is 6.61 Å². The van der Waals surface area contributed by atoms with Gasteiger partial charge < -0.3 is 14.6 Å². The van der Waals surface area contributed by atoms with Crippen LogP contribution in [0.4, 0.5) is 4.79 Å². The summed E-state index contributed by atoms with van der Waals surface area (Å²) in [6.45, 7) is 4.87. The standard InChI is InChI=1S/C25H29ClN4O6/c1-2-35-16-19(31)15-29-11-13-30(14-12-29)25(22(32)27-24(34)28-23(25)33)17-3-7-20(8-4-17)36-21-9-5-18(26)6-10-21/h3-10,19,31H,2,11-16H2,1H3,(H2,27,28,32,33,34). The van der Waals surface area contributed by atoms with Crippen LogP contribution in [0.25, 0.3) is 0 Å². The topological polar surface area (TPSA) is 120 Å². The Kier molecular flexibility index (Phi) is 8.22. The summed E-state index contributed by atoms with van der Waals surface area (Å²) in [6.07, 6.45) is -0.627. The molecule has 4 rings (SSSR count). The number of barbiturate groups is 1. The van der Waals surface area contributed by atoms with Gasteiger partial charge >= 0.3 is 6.03 Å². The average Bonchev–Trinajstić information content (AvgIpc) is 2.86. The number of carbonyl (C=O) groups excluding carboxylic acids is 3. The molecule has 0 spiro atoms. The number of rotatable bonds is 9. The van der Waals surface area contributed by atoms with Crippen LogP contribution in [0.3, 0.4) is 0 Å². The molecule has 2 aromatic carbocycles. The summed E-state index contributed by atoms with van der Waals surface area (Å²) in [5, 5.41) is 15.3. The Labute approximate surface area is 214 Å². The predicted molar refractivity (Wildman–Crippen MR) is 132 cm³/mol. The Balaban J connectivity index is 1.54. The maximum Gasteiger partial charge on any atom is 0.328 e. The van der Waals surface area contributed by atoms with Crippen LogP contribution in [-0.2, 0) is 19.9 Å². The lowest BCUT2D eigenvalue weighted by Gasteiger charge is -2.46.